The molecule has 1 saturated heterocycles. The van der Waals surface area contributed by atoms with E-state index in [0.29, 0.717) is 18.1 Å². The Kier molecular flexibility index (Phi) is 2.89. The summed E-state index contributed by atoms with van der Waals surface area (Å²) in [7, 11) is 0. The number of fused-ring (bicyclic) bond motifs is 3. The van der Waals surface area contributed by atoms with E-state index in [1.54, 1.807) is 5.57 Å². The fraction of sp³-hybridized carbons (Fsp3) is 0.733. The Labute approximate surface area is 98.6 Å². The van der Waals surface area contributed by atoms with Crippen LogP contribution in [0.15, 0.2) is 24.3 Å². The Morgan fingerprint density at radius 1 is 1.12 bits per heavy atom. The highest BCUT2D eigenvalue weighted by Gasteiger charge is 2.41. The van der Waals surface area contributed by atoms with Crippen molar-refractivity contribution < 1.29 is 4.74 Å². The van der Waals surface area contributed by atoms with E-state index in [-0.39, 0.29) is 0 Å². The lowest BCUT2D eigenvalue weighted by atomic mass is 9.69. The Morgan fingerprint density at radius 3 is 2.81 bits per heavy atom. The van der Waals surface area contributed by atoms with Crippen molar-refractivity contribution in [2.45, 2.75) is 57.2 Å². The quantitative estimate of drug-likeness (QED) is 0.607. The molecule has 2 aliphatic carbocycles. The van der Waals surface area contributed by atoms with Gasteiger partial charge in [-0.15, -0.1) is 6.58 Å². The number of hydrogen-bond donors (Lipinski definition) is 0. The molecule has 0 unspecified atom stereocenters. The van der Waals surface area contributed by atoms with Gasteiger partial charge in [0, 0.05) is 11.8 Å². The first-order valence-electron chi connectivity index (χ1n) is 6.88. The van der Waals surface area contributed by atoms with Crippen LogP contribution in [0.5, 0.6) is 0 Å². The zero-order chi connectivity index (χ0) is 11.0. The molecule has 1 nitrogen and oxygen atoms in total. The van der Waals surface area contributed by atoms with E-state index >= 15 is 0 Å². The van der Waals surface area contributed by atoms with Gasteiger partial charge in [-0.2, -0.15) is 0 Å². The van der Waals surface area contributed by atoms with E-state index in [1.165, 1.54) is 44.9 Å². The third-order valence-electron chi connectivity index (χ3n) is 4.62. The highest BCUT2D eigenvalue weighted by molar-refractivity contribution is 5.22. The van der Waals surface area contributed by atoms with Crippen molar-refractivity contribution in [1.82, 2.24) is 0 Å². The predicted octanol–water partition coefficient (Wildman–Crippen LogP) is 3.86. The first-order valence-corrected chi connectivity index (χ1v) is 6.88. The highest BCUT2D eigenvalue weighted by Crippen LogP contribution is 2.46. The van der Waals surface area contributed by atoms with Crippen LogP contribution in [-0.2, 0) is 4.74 Å². The van der Waals surface area contributed by atoms with Crippen molar-refractivity contribution in [1.29, 1.82) is 0 Å². The van der Waals surface area contributed by atoms with E-state index in [4.69, 9.17) is 4.74 Å². The molecule has 0 aromatic carbocycles. The molecule has 1 saturated carbocycles. The van der Waals surface area contributed by atoms with Gasteiger partial charge in [-0.1, -0.05) is 30.6 Å². The van der Waals surface area contributed by atoms with Crippen LogP contribution in [0.3, 0.4) is 0 Å². The normalized spacial score (nSPS) is 42.9. The number of ether oxygens (including phenoxy) is 1. The van der Waals surface area contributed by atoms with Gasteiger partial charge in [0.05, 0.1) is 12.2 Å². The summed E-state index contributed by atoms with van der Waals surface area (Å²) in [5.74, 6) is 1.40. The second kappa shape index (κ2) is 4.37. The second-order valence-electron chi connectivity index (χ2n) is 5.51. The summed E-state index contributed by atoms with van der Waals surface area (Å²) in [6.07, 6.45) is 14.7. The molecule has 4 atom stereocenters. The first kappa shape index (κ1) is 10.6. The lowest BCUT2D eigenvalue weighted by molar-refractivity contribution is -0.0824. The number of hydrogen-bond acceptors (Lipinski definition) is 1. The van der Waals surface area contributed by atoms with E-state index in [9.17, 15) is 0 Å². The molecule has 0 aromatic heterocycles. The van der Waals surface area contributed by atoms with E-state index < -0.39 is 0 Å². The summed E-state index contributed by atoms with van der Waals surface area (Å²) in [4.78, 5) is 0. The van der Waals surface area contributed by atoms with Crippen LogP contribution in [-0.4, -0.2) is 12.2 Å². The molecule has 3 rings (SSSR count). The monoisotopic (exact) mass is 218 g/mol. The average Bonchev–Trinajstić information content (AvgIpc) is 2.38. The van der Waals surface area contributed by atoms with Crippen LogP contribution >= 0.6 is 0 Å². The highest BCUT2D eigenvalue weighted by atomic mass is 16.5. The van der Waals surface area contributed by atoms with Gasteiger partial charge in [-0.05, 0) is 32.1 Å². The van der Waals surface area contributed by atoms with Gasteiger partial charge in [0.1, 0.15) is 0 Å². The topological polar surface area (TPSA) is 9.23 Å². The van der Waals surface area contributed by atoms with Gasteiger partial charge in [0.2, 0.25) is 0 Å². The molecular weight excluding hydrogens is 196 g/mol. The van der Waals surface area contributed by atoms with Crippen molar-refractivity contribution in [3.8, 4) is 0 Å². The SMILES string of the molecule is C=C[C@@H]1O[C@H]2CCCC[C@H]2C2=CCCC[C@H]21. The largest absolute Gasteiger partial charge is 0.370 e. The molecule has 1 heteroatoms. The third-order valence-corrected chi connectivity index (χ3v) is 4.62. The summed E-state index contributed by atoms with van der Waals surface area (Å²) >= 11 is 0. The van der Waals surface area contributed by atoms with Gasteiger partial charge in [-0.3, -0.25) is 0 Å². The molecule has 0 amide bonds. The minimum atomic E-state index is 0.297. The molecule has 16 heavy (non-hydrogen) atoms. The minimum Gasteiger partial charge on any atom is -0.370 e. The maximum atomic E-state index is 6.25. The molecule has 0 aromatic rings. The Balaban J connectivity index is 1.89. The standard InChI is InChI=1S/C15H22O/c1-2-14-12-8-4-3-7-11(12)13-9-5-6-10-15(13)16-14/h2,7,12-15H,1,3-6,8-10H2/t12-,13+,14+,15+/m1/s1. The fourth-order valence-corrected chi connectivity index (χ4v) is 3.86. The lowest BCUT2D eigenvalue weighted by Gasteiger charge is -2.46. The molecule has 1 heterocycles. The van der Waals surface area contributed by atoms with Crippen LogP contribution in [0.25, 0.3) is 0 Å². The van der Waals surface area contributed by atoms with Crippen LogP contribution in [0.1, 0.15) is 44.9 Å². The van der Waals surface area contributed by atoms with E-state index in [1.807, 2.05) is 6.08 Å². The van der Waals surface area contributed by atoms with Gasteiger partial charge in [-0.25, -0.2) is 0 Å². The van der Waals surface area contributed by atoms with Crippen molar-refractivity contribution in [3.05, 3.63) is 24.3 Å². The summed E-state index contributed by atoms with van der Waals surface area (Å²) in [5.41, 5.74) is 1.73. The molecule has 3 aliphatic rings. The molecule has 0 bridgehead atoms. The van der Waals surface area contributed by atoms with Crippen LogP contribution < -0.4 is 0 Å². The smallest absolute Gasteiger partial charge is 0.0822 e. The first-order chi connectivity index (χ1) is 7.90. The van der Waals surface area contributed by atoms with Crippen molar-refractivity contribution >= 4 is 0 Å². The summed E-state index contributed by atoms with van der Waals surface area (Å²) in [5, 5.41) is 0. The van der Waals surface area contributed by atoms with Crippen LogP contribution in [0.4, 0.5) is 0 Å². The predicted molar refractivity (Wildman–Crippen MR) is 66.2 cm³/mol. The maximum absolute atomic E-state index is 6.25. The Morgan fingerprint density at radius 2 is 1.94 bits per heavy atom. The molecule has 2 fully saturated rings. The lowest BCUT2D eigenvalue weighted by Crippen LogP contribution is -2.44. The molecule has 0 radical (unpaired) electrons. The Hall–Kier alpha value is -0.560. The zero-order valence-corrected chi connectivity index (χ0v) is 10.0. The summed E-state index contributed by atoms with van der Waals surface area (Å²) in [6.45, 7) is 3.96. The van der Waals surface area contributed by atoms with Gasteiger partial charge >= 0.3 is 0 Å². The van der Waals surface area contributed by atoms with Gasteiger partial charge < -0.3 is 4.74 Å². The van der Waals surface area contributed by atoms with Gasteiger partial charge in [0.15, 0.2) is 0 Å². The van der Waals surface area contributed by atoms with Crippen LogP contribution in [0, 0.1) is 11.8 Å². The average molecular weight is 218 g/mol. The zero-order valence-electron chi connectivity index (χ0n) is 10.0. The number of rotatable bonds is 1. The van der Waals surface area contributed by atoms with Crippen molar-refractivity contribution in [2.24, 2.45) is 11.8 Å². The van der Waals surface area contributed by atoms with E-state index in [2.05, 4.69) is 12.7 Å². The molecular formula is C15H22O. The molecule has 1 aliphatic heterocycles. The summed E-state index contributed by atoms with van der Waals surface area (Å²) < 4.78 is 6.25. The minimum absolute atomic E-state index is 0.297. The number of allylic oxidation sites excluding steroid dienone is 1. The van der Waals surface area contributed by atoms with Crippen molar-refractivity contribution in [2.75, 3.05) is 0 Å². The van der Waals surface area contributed by atoms with Crippen LogP contribution in [0.2, 0.25) is 0 Å². The second-order valence-corrected chi connectivity index (χ2v) is 5.51. The fourth-order valence-electron chi connectivity index (χ4n) is 3.86. The maximum Gasteiger partial charge on any atom is 0.0822 e. The molecule has 0 spiro atoms. The third kappa shape index (κ3) is 1.66. The van der Waals surface area contributed by atoms with E-state index in [0.717, 1.165) is 5.92 Å². The molecule has 0 N–H and O–H groups in total. The summed E-state index contributed by atoms with van der Waals surface area (Å²) in [6, 6.07) is 0. The van der Waals surface area contributed by atoms with Gasteiger partial charge in [0.25, 0.3) is 0 Å². The molecule has 88 valence electrons. The Bertz CT molecular complexity index is 305. The van der Waals surface area contributed by atoms with Crippen molar-refractivity contribution in [3.63, 3.8) is 0 Å².